The van der Waals surface area contributed by atoms with Gasteiger partial charge in [0.1, 0.15) is 5.16 Å². The molecule has 0 amide bonds. The topological polar surface area (TPSA) is 9.23 Å². The molecule has 30 heavy (non-hydrogen) atoms. The first kappa shape index (κ1) is 22.3. The summed E-state index contributed by atoms with van der Waals surface area (Å²) in [5.74, 6) is -2.38. The molecule has 0 fully saturated rings. The number of hydrogen-bond donors (Lipinski definition) is 0. The summed E-state index contributed by atoms with van der Waals surface area (Å²) < 4.78 is 70.8. The van der Waals surface area contributed by atoms with Gasteiger partial charge in [0.2, 0.25) is 7.50 Å². The molecule has 3 rings (SSSR count). The highest BCUT2D eigenvalue weighted by Crippen LogP contribution is 2.68. The monoisotopic (exact) mass is 456 g/mol. The van der Waals surface area contributed by atoms with Crippen LogP contribution in [0, 0.1) is 0 Å². The summed E-state index contributed by atoms with van der Waals surface area (Å²) in [6, 6.07) is 25.5. The quantitative estimate of drug-likeness (QED) is 0.157. The van der Waals surface area contributed by atoms with Crippen molar-refractivity contribution in [3.05, 3.63) is 120 Å². The maximum Gasteiger partial charge on any atom is 0.454 e. The summed E-state index contributed by atoms with van der Waals surface area (Å²) in [5, 5.41) is -1.44. The Hall–Kier alpha value is -2.43. The maximum absolute atomic E-state index is 13.2. The molecule has 0 aliphatic rings. The van der Waals surface area contributed by atoms with Crippen LogP contribution in [0.1, 0.15) is 16.7 Å². The second kappa shape index (κ2) is 9.15. The van der Waals surface area contributed by atoms with Gasteiger partial charge in [0.15, 0.2) is 0 Å². The Bertz CT molecular complexity index is 894. The van der Waals surface area contributed by atoms with Crippen molar-refractivity contribution in [3.63, 3.8) is 0 Å². The van der Waals surface area contributed by atoms with Crippen LogP contribution in [0.3, 0.4) is 0 Å². The molecule has 1 atom stereocenters. The van der Waals surface area contributed by atoms with Crippen LogP contribution in [0.15, 0.2) is 103 Å². The lowest BCUT2D eigenvalue weighted by atomic mass is 9.84. The molecular formula is C22H15ClF5OP. The van der Waals surface area contributed by atoms with E-state index < -0.39 is 30.7 Å². The summed E-state index contributed by atoms with van der Waals surface area (Å²) in [5.41, 5.74) is 1.55. The molecule has 0 aliphatic carbocycles. The van der Waals surface area contributed by atoms with Crippen LogP contribution in [0.25, 0.3) is 0 Å². The molecule has 156 valence electrons. The van der Waals surface area contributed by atoms with E-state index in [0.29, 0.717) is 16.7 Å². The fourth-order valence-electron chi connectivity index (χ4n) is 3.18. The van der Waals surface area contributed by atoms with Gasteiger partial charge in [0.25, 0.3) is 5.76 Å². The lowest BCUT2D eigenvalue weighted by Crippen LogP contribution is -2.28. The first-order valence-corrected chi connectivity index (χ1v) is 10.9. The molecule has 1 nitrogen and oxygen atoms in total. The minimum atomic E-state index is -5.38. The van der Waals surface area contributed by atoms with Gasteiger partial charge in [-0.25, -0.2) is 0 Å². The van der Waals surface area contributed by atoms with Gasteiger partial charge < -0.3 is 4.52 Å². The van der Waals surface area contributed by atoms with Crippen LogP contribution >= 0.6 is 18.7 Å². The number of benzene rings is 3. The maximum atomic E-state index is 13.2. The zero-order chi connectivity index (χ0) is 21.8. The highest BCUT2D eigenvalue weighted by molar-refractivity contribution is 7.81. The van der Waals surface area contributed by atoms with E-state index in [1.165, 1.54) is 0 Å². The number of allylic oxidation sites excluding steroid dienone is 1. The molecule has 0 saturated heterocycles. The van der Waals surface area contributed by atoms with Crippen molar-refractivity contribution in [1.82, 2.24) is 0 Å². The van der Waals surface area contributed by atoms with Gasteiger partial charge in [0, 0.05) is 0 Å². The molecule has 0 radical (unpaired) electrons. The van der Waals surface area contributed by atoms with E-state index in [0.717, 1.165) is 0 Å². The average molecular weight is 457 g/mol. The van der Waals surface area contributed by atoms with Crippen molar-refractivity contribution in [1.29, 1.82) is 0 Å². The molecule has 0 heterocycles. The van der Waals surface area contributed by atoms with E-state index in [1.54, 1.807) is 91.0 Å². The average Bonchev–Trinajstić information content (AvgIpc) is 2.74. The van der Waals surface area contributed by atoms with Gasteiger partial charge in [-0.05, 0) is 27.9 Å². The highest BCUT2D eigenvalue weighted by atomic mass is 35.7. The number of halogens is 6. The minimum absolute atomic E-state index is 0.518. The number of rotatable bonds is 6. The smallest absolute Gasteiger partial charge is 0.446 e. The minimum Gasteiger partial charge on any atom is -0.446 e. The third-order valence-corrected chi connectivity index (χ3v) is 7.05. The molecule has 0 aromatic heterocycles. The van der Waals surface area contributed by atoms with Crippen molar-refractivity contribution >= 4 is 18.7 Å². The molecule has 3 aromatic rings. The van der Waals surface area contributed by atoms with Crippen LogP contribution in [0.2, 0.25) is 0 Å². The highest BCUT2D eigenvalue weighted by Gasteiger charge is 2.50. The van der Waals surface area contributed by atoms with Crippen LogP contribution in [0.4, 0.5) is 22.0 Å². The largest absolute Gasteiger partial charge is 0.454 e. The van der Waals surface area contributed by atoms with Crippen molar-refractivity contribution < 1.29 is 26.5 Å². The lowest BCUT2D eigenvalue weighted by Gasteiger charge is -2.38. The summed E-state index contributed by atoms with van der Waals surface area (Å²) in [6.45, 7) is 0. The Morgan fingerprint density at radius 2 is 1.00 bits per heavy atom. The van der Waals surface area contributed by atoms with Gasteiger partial charge in [-0.2, -0.15) is 22.0 Å². The number of alkyl halides is 3. The zero-order valence-corrected chi connectivity index (χ0v) is 16.9. The van der Waals surface area contributed by atoms with Crippen LogP contribution < -0.4 is 0 Å². The number of hydrogen-bond acceptors (Lipinski definition) is 1. The molecule has 0 saturated carbocycles. The SMILES string of the molecule is FC(F)=C(OP(Cl)C(c1ccccc1)(c1ccccc1)c1ccccc1)C(F)(F)F. The third-order valence-electron chi connectivity index (χ3n) is 4.44. The van der Waals surface area contributed by atoms with E-state index in [1.807, 2.05) is 0 Å². The Balaban J connectivity index is 2.30. The lowest BCUT2D eigenvalue weighted by molar-refractivity contribution is -0.120. The van der Waals surface area contributed by atoms with E-state index >= 15 is 0 Å². The molecule has 0 N–H and O–H groups in total. The Morgan fingerprint density at radius 1 is 0.667 bits per heavy atom. The first-order valence-electron chi connectivity index (χ1n) is 8.71. The molecule has 3 aromatic carbocycles. The van der Waals surface area contributed by atoms with Gasteiger partial charge in [-0.3, -0.25) is 0 Å². The van der Waals surface area contributed by atoms with Gasteiger partial charge in [0.05, 0.1) is 0 Å². The summed E-state index contributed by atoms with van der Waals surface area (Å²) in [6.07, 6.45) is -8.36. The first-order chi connectivity index (χ1) is 14.3. The predicted octanol–water partition coefficient (Wildman–Crippen LogP) is 8.22. The van der Waals surface area contributed by atoms with E-state index in [2.05, 4.69) is 0 Å². The molecule has 1 unspecified atom stereocenters. The van der Waals surface area contributed by atoms with Crippen LogP contribution in [-0.2, 0) is 9.68 Å². The molecule has 0 aliphatic heterocycles. The second-order valence-electron chi connectivity index (χ2n) is 6.23. The van der Waals surface area contributed by atoms with E-state index in [-0.39, 0.29) is 0 Å². The molecule has 0 bridgehead atoms. The van der Waals surface area contributed by atoms with Crippen LogP contribution in [-0.4, -0.2) is 6.18 Å². The second-order valence-corrected chi connectivity index (χ2v) is 8.50. The third kappa shape index (κ3) is 4.35. The van der Waals surface area contributed by atoms with Crippen LogP contribution in [0.5, 0.6) is 0 Å². The fourth-order valence-corrected chi connectivity index (χ4v) is 5.80. The zero-order valence-electron chi connectivity index (χ0n) is 15.3. The molecule has 8 heteroatoms. The van der Waals surface area contributed by atoms with Crippen molar-refractivity contribution in [2.75, 3.05) is 0 Å². The van der Waals surface area contributed by atoms with Crippen molar-refractivity contribution in [2.45, 2.75) is 11.3 Å². The summed E-state index contributed by atoms with van der Waals surface area (Å²) in [7, 11) is -2.68. The van der Waals surface area contributed by atoms with Crippen molar-refractivity contribution in [3.8, 4) is 0 Å². The standard InChI is InChI=1S/C22H15ClF5OP/c23-30(29-19(20(24)25)22(26,27)28)21(16-10-4-1-5-11-16,17-12-6-2-7-13-17)18-14-8-3-9-15-18/h1-15H. The normalized spacial score (nSPS) is 12.9. The Labute approximate surface area is 176 Å². The summed E-state index contributed by atoms with van der Waals surface area (Å²) in [4.78, 5) is 0. The summed E-state index contributed by atoms with van der Waals surface area (Å²) >= 11 is 6.53. The fraction of sp³-hybridized carbons (Fsp3) is 0.0909. The van der Waals surface area contributed by atoms with Gasteiger partial charge in [-0.1, -0.05) is 91.0 Å². The van der Waals surface area contributed by atoms with E-state index in [4.69, 9.17) is 15.8 Å². The Morgan fingerprint density at radius 3 is 1.27 bits per heavy atom. The van der Waals surface area contributed by atoms with Crippen molar-refractivity contribution in [2.24, 2.45) is 0 Å². The van der Waals surface area contributed by atoms with E-state index in [9.17, 15) is 22.0 Å². The van der Waals surface area contributed by atoms with Gasteiger partial charge in [-0.15, -0.1) is 0 Å². The van der Waals surface area contributed by atoms with Gasteiger partial charge >= 0.3 is 12.3 Å². The molecular weight excluding hydrogens is 442 g/mol. The Kier molecular flexibility index (Phi) is 6.79. The predicted molar refractivity (Wildman–Crippen MR) is 108 cm³/mol. The molecule has 0 spiro atoms.